The van der Waals surface area contributed by atoms with Crippen molar-refractivity contribution in [2.24, 2.45) is 0 Å². The summed E-state index contributed by atoms with van der Waals surface area (Å²) in [4.78, 5) is 25.6. The normalized spacial score (nSPS) is 11.0. The molecule has 0 bridgehead atoms. The lowest BCUT2D eigenvalue weighted by atomic mass is 10.2. The van der Waals surface area contributed by atoms with Crippen LogP contribution in [0.15, 0.2) is 119 Å². The maximum absolute atomic E-state index is 13.5. The van der Waals surface area contributed by atoms with Gasteiger partial charge in [0.25, 0.3) is 15.9 Å². The van der Waals surface area contributed by atoms with Gasteiger partial charge in [-0.25, -0.2) is 13.2 Å². The van der Waals surface area contributed by atoms with Gasteiger partial charge in [-0.15, -0.1) is 0 Å². The quantitative estimate of drug-likeness (QED) is 0.233. The predicted molar refractivity (Wildman–Crippen MR) is 132 cm³/mol. The molecule has 0 aliphatic rings. The first-order chi connectivity index (χ1) is 16.4. The molecule has 0 saturated heterocycles. The Hall–Kier alpha value is -3.75. The molecule has 0 aliphatic heterocycles. The van der Waals surface area contributed by atoms with E-state index in [1.165, 1.54) is 36.4 Å². The molecule has 0 aromatic heterocycles. The number of esters is 1. The van der Waals surface area contributed by atoms with Gasteiger partial charge in [-0.05, 0) is 72.8 Å². The Kier molecular flexibility index (Phi) is 6.90. The summed E-state index contributed by atoms with van der Waals surface area (Å²) in [6.07, 6.45) is 0. The second-order valence-corrected chi connectivity index (χ2v) is 9.85. The SMILES string of the molecule is O=C(Oc1ccc(N(C(=O)c2ccccc2)S(=O)(=O)c2ccc(Br)cc2)cc1)c1ccccc1. The number of carbonyl (C=O) groups is 2. The van der Waals surface area contributed by atoms with Gasteiger partial charge in [-0.1, -0.05) is 52.3 Å². The van der Waals surface area contributed by atoms with Crippen LogP contribution in [0.1, 0.15) is 20.7 Å². The smallest absolute Gasteiger partial charge is 0.343 e. The van der Waals surface area contributed by atoms with Gasteiger partial charge < -0.3 is 4.74 Å². The van der Waals surface area contributed by atoms with E-state index in [-0.39, 0.29) is 21.9 Å². The molecule has 0 N–H and O–H groups in total. The fraction of sp³-hybridized carbons (Fsp3) is 0. The molecule has 34 heavy (non-hydrogen) atoms. The summed E-state index contributed by atoms with van der Waals surface area (Å²) in [6.45, 7) is 0. The van der Waals surface area contributed by atoms with Crippen LogP contribution in [0.3, 0.4) is 0 Å². The molecule has 4 aromatic rings. The second-order valence-electron chi connectivity index (χ2n) is 7.14. The molecule has 0 aliphatic carbocycles. The van der Waals surface area contributed by atoms with E-state index in [4.69, 9.17) is 4.74 Å². The summed E-state index contributed by atoms with van der Waals surface area (Å²) in [5, 5.41) is 0. The molecule has 0 unspecified atom stereocenters. The van der Waals surface area contributed by atoms with Gasteiger partial charge >= 0.3 is 5.97 Å². The summed E-state index contributed by atoms with van der Waals surface area (Å²) in [5.74, 6) is -1.05. The van der Waals surface area contributed by atoms with Gasteiger partial charge in [-0.2, -0.15) is 4.31 Å². The van der Waals surface area contributed by atoms with Gasteiger partial charge in [0, 0.05) is 10.0 Å². The lowest BCUT2D eigenvalue weighted by Gasteiger charge is -2.23. The monoisotopic (exact) mass is 535 g/mol. The fourth-order valence-electron chi connectivity index (χ4n) is 3.16. The van der Waals surface area contributed by atoms with Crippen LogP contribution in [0.5, 0.6) is 5.75 Å². The predicted octanol–water partition coefficient (Wildman–Crippen LogP) is 5.70. The summed E-state index contributed by atoms with van der Waals surface area (Å²) >= 11 is 3.29. The Morgan fingerprint density at radius 1 is 0.676 bits per heavy atom. The molecular formula is C26H18BrNO5S. The van der Waals surface area contributed by atoms with Crippen molar-refractivity contribution in [3.63, 3.8) is 0 Å². The first-order valence-electron chi connectivity index (χ1n) is 10.1. The van der Waals surface area contributed by atoms with Gasteiger partial charge in [0.2, 0.25) is 0 Å². The number of amides is 1. The number of rotatable bonds is 6. The van der Waals surface area contributed by atoms with E-state index in [9.17, 15) is 18.0 Å². The zero-order valence-electron chi connectivity index (χ0n) is 17.7. The molecule has 0 atom stereocenters. The minimum absolute atomic E-state index is 0.0421. The lowest BCUT2D eigenvalue weighted by molar-refractivity contribution is 0.0734. The molecule has 0 fully saturated rings. The van der Waals surface area contributed by atoms with Crippen molar-refractivity contribution in [2.75, 3.05) is 4.31 Å². The minimum atomic E-state index is -4.24. The zero-order chi connectivity index (χ0) is 24.1. The number of halogens is 1. The summed E-state index contributed by atoms with van der Waals surface area (Å²) in [6, 6.07) is 28.4. The van der Waals surface area contributed by atoms with E-state index >= 15 is 0 Å². The number of anilines is 1. The Balaban J connectivity index is 1.70. The van der Waals surface area contributed by atoms with E-state index in [1.807, 2.05) is 0 Å². The van der Waals surface area contributed by atoms with Gasteiger partial charge in [-0.3, -0.25) is 4.79 Å². The number of hydrogen-bond donors (Lipinski definition) is 0. The third-order valence-electron chi connectivity index (χ3n) is 4.85. The molecule has 170 valence electrons. The summed E-state index contributed by atoms with van der Waals surface area (Å²) < 4.78 is 33.8. The van der Waals surface area contributed by atoms with Crippen molar-refractivity contribution in [2.45, 2.75) is 4.90 Å². The maximum atomic E-state index is 13.5. The molecule has 8 heteroatoms. The molecule has 0 spiro atoms. The van der Waals surface area contributed by atoms with Crippen molar-refractivity contribution >= 4 is 43.5 Å². The highest BCUT2D eigenvalue weighted by Crippen LogP contribution is 2.29. The van der Waals surface area contributed by atoms with E-state index in [0.29, 0.717) is 10.0 Å². The van der Waals surface area contributed by atoms with Gasteiger partial charge in [0.1, 0.15) is 5.75 Å². The highest BCUT2D eigenvalue weighted by Gasteiger charge is 2.32. The first-order valence-corrected chi connectivity index (χ1v) is 12.4. The second kappa shape index (κ2) is 10.0. The van der Waals surface area contributed by atoms with Crippen LogP contribution >= 0.6 is 15.9 Å². The summed E-state index contributed by atoms with van der Waals surface area (Å²) in [7, 11) is -4.24. The van der Waals surface area contributed by atoms with Crippen LogP contribution in [-0.2, 0) is 10.0 Å². The maximum Gasteiger partial charge on any atom is 0.343 e. The van der Waals surface area contributed by atoms with E-state index in [1.54, 1.807) is 72.8 Å². The van der Waals surface area contributed by atoms with E-state index in [0.717, 1.165) is 4.31 Å². The Morgan fingerprint density at radius 3 is 1.76 bits per heavy atom. The van der Waals surface area contributed by atoms with Crippen LogP contribution in [-0.4, -0.2) is 20.3 Å². The van der Waals surface area contributed by atoms with Gasteiger partial charge in [0.05, 0.1) is 16.1 Å². The number of benzene rings is 4. The van der Waals surface area contributed by atoms with Crippen LogP contribution in [0.25, 0.3) is 0 Å². The third kappa shape index (κ3) is 5.08. The highest BCUT2D eigenvalue weighted by molar-refractivity contribution is 9.10. The first kappa shape index (κ1) is 23.4. The third-order valence-corrected chi connectivity index (χ3v) is 7.10. The van der Waals surface area contributed by atoms with Crippen LogP contribution in [0.4, 0.5) is 5.69 Å². The number of sulfonamides is 1. The molecular weight excluding hydrogens is 518 g/mol. The van der Waals surface area contributed by atoms with Crippen molar-refractivity contribution in [1.29, 1.82) is 0 Å². The minimum Gasteiger partial charge on any atom is -0.423 e. The van der Waals surface area contributed by atoms with E-state index in [2.05, 4.69) is 15.9 Å². The van der Waals surface area contributed by atoms with Crippen molar-refractivity contribution in [1.82, 2.24) is 0 Å². The molecule has 4 rings (SSSR count). The average molecular weight is 536 g/mol. The Labute approximate surface area is 205 Å². The topological polar surface area (TPSA) is 80.8 Å². The van der Waals surface area contributed by atoms with Crippen LogP contribution in [0.2, 0.25) is 0 Å². The van der Waals surface area contributed by atoms with Gasteiger partial charge in [0.15, 0.2) is 0 Å². The van der Waals surface area contributed by atoms with Crippen LogP contribution < -0.4 is 9.04 Å². The molecule has 1 amide bonds. The number of ether oxygens (including phenoxy) is 1. The van der Waals surface area contributed by atoms with Crippen LogP contribution in [0, 0.1) is 0 Å². The Morgan fingerprint density at radius 2 is 1.21 bits per heavy atom. The lowest BCUT2D eigenvalue weighted by Crippen LogP contribution is -2.37. The summed E-state index contributed by atoms with van der Waals surface area (Å²) in [5.41, 5.74) is 0.698. The number of nitrogens with zero attached hydrogens (tertiary/aromatic N) is 1. The van der Waals surface area contributed by atoms with Crippen molar-refractivity contribution < 1.29 is 22.7 Å². The van der Waals surface area contributed by atoms with Crippen molar-refractivity contribution in [3.8, 4) is 5.75 Å². The van der Waals surface area contributed by atoms with E-state index < -0.39 is 21.9 Å². The molecule has 0 heterocycles. The standard InChI is InChI=1S/C26H18BrNO5S/c27-21-11-17-24(18-12-21)34(31,32)28(25(29)19-7-3-1-4-8-19)22-13-15-23(16-14-22)33-26(30)20-9-5-2-6-10-20/h1-18H. The average Bonchev–Trinajstić information content (AvgIpc) is 2.86. The largest absolute Gasteiger partial charge is 0.423 e. The highest BCUT2D eigenvalue weighted by atomic mass is 79.9. The molecule has 0 saturated carbocycles. The Bertz CT molecular complexity index is 1410. The number of hydrogen-bond acceptors (Lipinski definition) is 5. The molecule has 6 nitrogen and oxygen atoms in total. The molecule has 4 aromatic carbocycles. The number of carbonyl (C=O) groups excluding carboxylic acids is 2. The molecule has 0 radical (unpaired) electrons. The zero-order valence-corrected chi connectivity index (χ0v) is 20.1. The van der Waals surface area contributed by atoms with Crippen molar-refractivity contribution in [3.05, 3.63) is 125 Å². The fourth-order valence-corrected chi connectivity index (χ4v) is 4.84.